The van der Waals surface area contributed by atoms with Gasteiger partial charge < -0.3 is 5.73 Å². The molecule has 0 radical (unpaired) electrons. The third-order valence-electron chi connectivity index (χ3n) is 3.79. The third-order valence-corrected chi connectivity index (χ3v) is 3.79. The molecule has 1 aromatic heterocycles. The first kappa shape index (κ1) is 12.8. The van der Waals surface area contributed by atoms with Crippen molar-refractivity contribution < 1.29 is 9.18 Å². The predicted octanol–water partition coefficient (Wildman–Crippen LogP) is 2.87. The lowest BCUT2D eigenvalue weighted by Crippen LogP contribution is -2.14. The van der Waals surface area contributed by atoms with Crippen molar-refractivity contribution in [1.29, 1.82) is 0 Å². The zero-order chi connectivity index (χ0) is 14.1. The van der Waals surface area contributed by atoms with Gasteiger partial charge in [-0.25, -0.2) is 4.39 Å². The molecule has 1 aliphatic rings. The lowest BCUT2D eigenvalue weighted by Gasteiger charge is -2.19. The van der Waals surface area contributed by atoms with Crippen LogP contribution in [0.15, 0.2) is 30.5 Å². The van der Waals surface area contributed by atoms with Crippen LogP contribution in [-0.2, 0) is 12.8 Å². The van der Waals surface area contributed by atoms with Crippen LogP contribution in [0.3, 0.4) is 0 Å². The molecule has 2 aromatic rings. The number of aromatic nitrogens is 1. The number of nitrogens with two attached hydrogens (primary N) is 1. The number of nitrogens with zero attached hydrogens (tertiary/aromatic N) is 1. The van der Waals surface area contributed by atoms with E-state index in [-0.39, 0.29) is 5.56 Å². The molecule has 1 aromatic carbocycles. The lowest BCUT2D eigenvalue weighted by molar-refractivity contribution is 0.0996. The van der Waals surface area contributed by atoms with E-state index in [0.717, 1.165) is 42.5 Å². The fraction of sp³-hybridized carbons (Fsp3) is 0.250. The first-order valence-electron chi connectivity index (χ1n) is 6.74. The Morgan fingerprint density at radius 3 is 2.75 bits per heavy atom. The summed E-state index contributed by atoms with van der Waals surface area (Å²) in [5.74, 6) is -1.29. The summed E-state index contributed by atoms with van der Waals surface area (Å²) in [4.78, 5) is 15.6. The number of pyridine rings is 1. The van der Waals surface area contributed by atoms with E-state index >= 15 is 0 Å². The average Bonchev–Trinajstić information content (AvgIpc) is 2.47. The zero-order valence-electron chi connectivity index (χ0n) is 11.0. The molecule has 1 aliphatic carbocycles. The van der Waals surface area contributed by atoms with Crippen LogP contribution in [0.4, 0.5) is 4.39 Å². The van der Waals surface area contributed by atoms with Gasteiger partial charge in [-0.2, -0.15) is 0 Å². The van der Waals surface area contributed by atoms with Gasteiger partial charge in [-0.15, -0.1) is 0 Å². The molecule has 1 amide bonds. The lowest BCUT2D eigenvalue weighted by atomic mass is 9.89. The Kier molecular flexibility index (Phi) is 3.22. The molecule has 102 valence electrons. The minimum Gasteiger partial charge on any atom is -0.366 e. The van der Waals surface area contributed by atoms with E-state index in [1.165, 1.54) is 6.07 Å². The van der Waals surface area contributed by atoms with Crippen molar-refractivity contribution in [3.8, 4) is 11.1 Å². The van der Waals surface area contributed by atoms with E-state index in [2.05, 4.69) is 4.98 Å². The first-order valence-corrected chi connectivity index (χ1v) is 6.74. The molecular formula is C16H15FN2O. The van der Waals surface area contributed by atoms with Crippen LogP contribution in [0, 0.1) is 5.82 Å². The Hall–Kier alpha value is -2.23. The van der Waals surface area contributed by atoms with Gasteiger partial charge >= 0.3 is 0 Å². The summed E-state index contributed by atoms with van der Waals surface area (Å²) in [6, 6.07) is 6.57. The number of amides is 1. The van der Waals surface area contributed by atoms with Gasteiger partial charge in [-0.1, -0.05) is 12.1 Å². The predicted molar refractivity (Wildman–Crippen MR) is 74.8 cm³/mol. The van der Waals surface area contributed by atoms with Gasteiger partial charge in [0.25, 0.3) is 5.91 Å². The molecule has 0 saturated heterocycles. The standard InChI is InChI=1S/C16H15FN2O/c17-15-12(5-3-6-13(15)16(18)20)10-8-9-19-14-7-2-1-4-11(10)14/h3,5-6,8-9H,1-2,4,7H2,(H2,18,20). The second kappa shape index (κ2) is 5.04. The molecule has 0 saturated carbocycles. The normalized spacial score (nSPS) is 13.8. The Labute approximate surface area is 116 Å². The van der Waals surface area contributed by atoms with Gasteiger partial charge in [0.2, 0.25) is 0 Å². The molecule has 0 fully saturated rings. The van der Waals surface area contributed by atoms with Crippen molar-refractivity contribution in [3.05, 3.63) is 53.1 Å². The summed E-state index contributed by atoms with van der Waals surface area (Å²) >= 11 is 0. The Morgan fingerprint density at radius 1 is 1.15 bits per heavy atom. The van der Waals surface area contributed by atoms with Crippen molar-refractivity contribution in [2.24, 2.45) is 5.73 Å². The largest absolute Gasteiger partial charge is 0.366 e. The molecule has 0 bridgehead atoms. The number of carbonyl (C=O) groups excluding carboxylic acids is 1. The minimum atomic E-state index is -0.743. The fourth-order valence-electron chi connectivity index (χ4n) is 2.81. The molecular weight excluding hydrogens is 255 g/mol. The smallest absolute Gasteiger partial charge is 0.251 e. The van der Waals surface area contributed by atoms with Gasteiger partial charge in [-0.05, 0) is 48.9 Å². The third kappa shape index (κ3) is 2.07. The maximum atomic E-state index is 14.5. The maximum absolute atomic E-state index is 14.5. The second-order valence-corrected chi connectivity index (χ2v) is 5.02. The number of benzene rings is 1. The molecule has 0 atom stereocenters. The number of carbonyl (C=O) groups is 1. The highest BCUT2D eigenvalue weighted by molar-refractivity contribution is 5.94. The molecule has 20 heavy (non-hydrogen) atoms. The highest BCUT2D eigenvalue weighted by Gasteiger charge is 2.19. The second-order valence-electron chi connectivity index (χ2n) is 5.02. The highest BCUT2D eigenvalue weighted by Crippen LogP contribution is 2.32. The maximum Gasteiger partial charge on any atom is 0.251 e. The summed E-state index contributed by atoms with van der Waals surface area (Å²) < 4.78 is 14.5. The number of aryl methyl sites for hydroxylation is 1. The zero-order valence-corrected chi connectivity index (χ0v) is 11.0. The molecule has 3 rings (SSSR count). The molecule has 0 unspecified atom stereocenters. The van der Waals surface area contributed by atoms with Crippen LogP contribution in [0.25, 0.3) is 11.1 Å². The van der Waals surface area contributed by atoms with Crippen LogP contribution in [-0.4, -0.2) is 10.9 Å². The topological polar surface area (TPSA) is 56.0 Å². The number of fused-ring (bicyclic) bond motifs is 1. The van der Waals surface area contributed by atoms with Crippen molar-refractivity contribution >= 4 is 5.91 Å². The van der Waals surface area contributed by atoms with E-state index in [9.17, 15) is 9.18 Å². The fourth-order valence-corrected chi connectivity index (χ4v) is 2.81. The van der Waals surface area contributed by atoms with Gasteiger partial charge in [0.15, 0.2) is 0 Å². The SMILES string of the molecule is NC(=O)c1cccc(-c2ccnc3c2CCCC3)c1F. The average molecular weight is 270 g/mol. The number of hydrogen-bond donors (Lipinski definition) is 1. The minimum absolute atomic E-state index is 0.0659. The van der Waals surface area contributed by atoms with Crippen LogP contribution >= 0.6 is 0 Å². The van der Waals surface area contributed by atoms with Crippen molar-refractivity contribution in [2.75, 3.05) is 0 Å². The number of halogens is 1. The summed E-state index contributed by atoms with van der Waals surface area (Å²) in [7, 11) is 0. The number of primary amides is 1. The number of hydrogen-bond acceptors (Lipinski definition) is 2. The van der Waals surface area contributed by atoms with Crippen LogP contribution in [0.1, 0.15) is 34.5 Å². The number of rotatable bonds is 2. The van der Waals surface area contributed by atoms with E-state index < -0.39 is 11.7 Å². The van der Waals surface area contributed by atoms with E-state index in [1.54, 1.807) is 18.3 Å². The van der Waals surface area contributed by atoms with Gasteiger partial charge in [0, 0.05) is 17.5 Å². The molecule has 4 heteroatoms. The van der Waals surface area contributed by atoms with Crippen molar-refractivity contribution in [3.63, 3.8) is 0 Å². The molecule has 0 aliphatic heterocycles. The Morgan fingerprint density at radius 2 is 1.95 bits per heavy atom. The van der Waals surface area contributed by atoms with Crippen LogP contribution in [0.5, 0.6) is 0 Å². The Bertz CT molecular complexity index is 682. The summed E-state index contributed by atoms with van der Waals surface area (Å²) in [6.07, 6.45) is 5.74. The summed E-state index contributed by atoms with van der Waals surface area (Å²) in [5.41, 5.74) is 8.54. The van der Waals surface area contributed by atoms with Gasteiger partial charge in [0.1, 0.15) is 5.82 Å². The molecule has 2 N–H and O–H groups in total. The summed E-state index contributed by atoms with van der Waals surface area (Å²) in [5, 5.41) is 0. The van der Waals surface area contributed by atoms with Crippen molar-refractivity contribution in [2.45, 2.75) is 25.7 Å². The molecule has 1 heterocycles. The first-order chi connectivity index (χ1) is 9.68. The van der Waals surface area contributed by atoms with E-state index in [4.69, 9.17) is 5.73 Å². The van der Waals surface area contributed by atoms with Gasteiger partial charge in [-0.3, -0.25) is 9.78 Å². The monoisotopic (exact) mass is 270 g/mol. The molecule has 0 spiro atoms. The van der Waals surface area contributed by atoms with Crippen LogP contribution < -0.4 is 5.73 Å². The molecule has 3 nitrogen and oxygen atoms in total. The quantitative estimate of drug-likeness (QED) is 0.912. The van der Waals surface area contributed by atoms with Crippen molar-refractivity contribution in [1.82, 2.24) is 4.98 Å². The Balaban J connectivity index is 2.19. The van der Waals surface area contributed by atoms with E-state index in [0.29, 0.717) is 5.56 Å². The van der Waals surface area contributed by atoms with Gasteiger partial charge in [0.05, 0.1) is 5.56 Å². The van der Waals surface area contributed by atoms with E-state index in [1.807, 2.05) is 6.07 Å². The highest BCUT2D eigenvalue weighted by atomic mass is 19.1. The van der Waals surface area contributed by atoms with Crippen LogP contribution in [0.2, 0.25) is 0 Å². The summed E-state index contributed by atoms with van der Waals surface area (Å²) in [6.45, 7) is 0.